The van der Waals surface area contributed by atoms with Crippen LogP contribution >= 0.6 is 0 Å². The fourth-order valence-electron chi connectivity index (χ4n) is 10.4. The highest BCUT2D eigenvalue weighted by Crippen LogP contribution is 2.19. The summed E-state index contributed by atoms with van der Waals surface area (Å²) in [6, 6.07) is 0. The maximum absolute atomic E-state index is 12.9. The van der Waals surface area contributed by atoms with Crippen LogP contribution in [0.3, 0.4) is 0 Å². The van der Waals surface area contributed by atoms with Crippen LogP contribution in [-0.4, -0.2) is 37.2 Å². The first-order valence-electron chi connectivity index (χ1n) is 33.8. The lowest BCUT2D eigenvalue weighted by atomic mass is 10.0. The van der Waals surface area contributed by atoms with Gasteiger partial charge in [-0.2, -0.15) is 0 Å². The molecule has 0 aliphatic rings. The van der Waals surface area contributed by atoms with Gasteiger partial charge in [-0.15, -0.1) is 0 Å². The zero-order chi connectivity index (χ0) is 54.3. The van der Waals surface area contributed by atoms with Crippen LogP contribution in [0.1, 0.15) is 380 Å². The lowest BCUT2D eigenvalue weighted by molar-refractivity contribution is -0.167. The quantitative estimate of drug-likeness (QED) is 0.0261. The fourth-order valence-corrected chi connectivity index (χ4v) is 10.4. The van der Waals surface area contributed by atoms with Gasteiger partial charge in [0.25, 0.3) is 0 Å². The topological polar surface area (TPSA) is 78.9 Å². The van der Waals surface area contributed by atoms with Crippen LogP contribution in [0.2, 0.25) is 0 Å². The minimum Gasteiger partial charge on any atom is -0.462 e. The van der Waals surface area contributed by atoms with Crippen molar-refractivity contribution in [3.8, 4) is 0 Å². The van der Waals surface area contributed by atoms with Crippen molar-refractivity contribution in [2.24, 2.45) is 0 Å². The van der Waals surface area contributed by atoms with Crippen molar-refractivity contribution in [2.45, 2.75) is 386 Å². The molecule has 0 aromatic carbocycles. The molecule has 0 aromatic heterocycles. The zero-order valence-corrected chi connectivity index (χ0v) is 50.8. The first-order chi connectivity index (χ1) is 37.0. The molecule has 1 atom stereocenters. The largest absolute Gasteiger partial charge is 0.462 e. The van der Waals surface area contributed by atoms with E-state index in [9.17, 15) is 14.4 Å². The SMILES string of the molecule is CCC/C=C\C/C=C\CCCCCCCC(=O)OCC(COC(=O)CCCCCCCCCCCCCCCCCCCCCCCCCCCCCCC)OC(=O)CCCCCCCCCCCCCCCCC. The molecule has 0 aromatic rings. The van der Waals surface area contributed by atoms with Crippen LogP contribution in [0.25, 0.3) is 0 Å². The lowest BCUT2D eigenvalue weighted by Crippen LogP contribution is -2.30. The van der Waals surface area contributed by atoms with Crippen molar-refractivity contribution in [1.82, 2.24) is 0 Å². The van der Waals surface area contributed by atoms with Crippen molar-refractivity contribution in [3.05, 3.63) is 24.3 Å². The van der Waals surface area contributed by atoms with Gasteiger partial charge in [0.05, 0.1) is 0 Å². The second kappa shape index (κ2) is 64.4. The van der Waals surface area contributed by atoms with Gasteiger partial charge in [-0.3, -0.25) is 14.4 Å². The third-order valence-electron chi connectivity index (χ3n) is 15.4. The predicted molar refractivity (Wildman–Crippen MR) is 326 cm³/mol. The molecule has 0 heterocycles. The minimum absolute atomic E-state index is 0.0697. The maximum atomic E-state index is 12.9. The third kappa shape index (κ3) is 62.6. The summed E-state index contributed by atoms with van der Waals surface area (Å²) in [5.74, 6) is -0.857. The summed E-state index contributed by atoms with van der Waals surface area (Å²) in [7, 11) is 0. The number of carbonyl (C=O) groups is 3. The van der Waals surface area contributed by atoms with Gasteiger partial charge in [0.15, 0.2) is 6.10 Å². The molecule has 0 radical (unpaired) electrons. The second-order valence-electron chi connectivity index (χ2n) is 23.1. The Labute approximate surface area is 468 Å². The predicted octanol–water partition coefficient (Wildman–Crippen LogP) is 23.0. The molecule has 0 rings (SSSR count). The average molecular weight is 1060 g/mol. The number of allylic oxidation sites excluding steroid dienone is 4. The van der Waals surface area contributed by atoms with E-state index in [-0.39, 0.29) is 31.1 Å². The second-order valence-corrected chi connectivity index (χ2v) is 23.1. The van der Waals surface area contributed by atoms with E-state index in [2.05, 4.69) is 45.1 Å². The number of hydrogen-bond acceptors (Lipinski definition) is 6. The van der Waals surface area contributed by atoms with Crippen molar-refractivity contribution in [1.29, 1.82) is 0 Å². The van der Waals surface area contributed by atoms with Crippen LogP contribution in [-0.2, 0) is 28.6 Å². The van der Waals surface area contributed by atoms with E-state index in [1.807, 2.05) is 0 Å². The van der Waals surface area contributed by atoms with E-state index in [1.54, 1.807) is 0 Å². The third-order valence-corrected chi connectivity index (χ3v) is 15.4. The monoisotopic (exact) mass is 1050 g/mol. The van der Waals surface area contributed by atoms with Gasteiger partial charge >= 0.3 is 17.9 Å². The summed E-state index contributed by atoms with van der Waals surface area (Å²) in [5.41, 5.74) is 0. The lowest BCUT2D eigenvalue weighted by Gasteiger charge is -2.18. The molecular formula is C69H130O6. The number of hydrogen-bond donors (Lipinski definition) is 0. The first kappa shape index (κ1) is 72.9. The Morgan fingerprint density at radius 2 is 0.507 bits per heavy atom. The summed E-state index contributed by atoms with van der Waals surface area (Å²) in [6.07, 6.45) is 77.9. The molecule has 1 unspecified atom stereocenters. The Balaban J connectivity index is 4.13. The molecule has 75 heavy (non-hydrogen) atoms. The van der Waals surface area contributed by atoms with Crippen molar-refractivity contribution in [3.63, 3.8) is 0 Å². The number of rotatable bonds is 63. The number of unbranched alkanes of at least 4 members (excludes halogenated alkanes) is 48. The Morgan fingerprint density at radius 1 is 0.267 bits per heavy atom. The Morgan fingerprint density at radius 3 is 0.787 bits per heavy atom. The van der Waals surface area contributed by atoms with E-state index in [0.717, 1.165) is 83.5 Å². The molecule has 0 spiro atoms. The highest BCUT2D eigenvalue weighted by atomic mass is 16.6. The van der Waals surface area contributed by atoms with Crippen molar-refractivity contribution < 1.29 is 28.6 Å². The molecule has 6 heteroatoms. The molecule has 0 saturated heterocycles. The van der Waals surface area contributed by atoms with Gasteiger partial charge in [-0.05, 0) is 44.9 Å². The number of carbonyl (C=O) groups excluding carboxylic acids is 3. The molecular weight excluding hydrogens is 925 g/mol. The van der Waals surface area contributed by atoms with E-state index < -0.39 is 6.10 Å². The molecule has 6 nitrogen and oxygen atoms in total. The highest BCUT2D eigenvalue weighted by molar-refractivity contribution is 5.71. The van der Waals surface area contributed by atoms with Gasteiger partial charge in [0.2, 0.25) is 0 Å². The van der Waals surface area contributed by atoms with Crippen LogP contribution < -0.4 is 0 Å². The smallest absolute Gasteiger partial charge is 0.306 e. The normalized spacial score (nSPS) is 12.1. The van der Waals surface area contributed by atoms with E-state index in [4.69, 9.17) is 14.2 Å². The number of esters is 3. The first-order valence-corrected chi connectivity index (χ1v) is 33.8. The Hall–Kier alpha value is -2.11. The summed E-state index contributed by atoms with van der Waals surface area (Å²) in [6.45, 7) is 6.64. The van der Waals surface area contributed by atoms with Gasteiger partial charge < -0.3 is 14.2 Å². The van der Waals surface area contributed by atoms with Gasteiger partial charge in [-0.25, -0.2) is 0 Å². The molecule has 442 valence electrons. The van der Waals surface area contributed by atoms with E-state index in [0.29, 0.717) is 19.3 Å². The van der Waals surface area contributed by atoms with Gasteiger partial charge in [0, 0.05) is 19.3 Å². The molecule has 0 aliphatic heterocycles. The van der Waals surface area contributed by atoms with E-state index >= 15 is 0 Å². The van der Waals surface area contributed by atoms with Gasteiger partial charge in [0.1, 0.15) is 13.2 Å². The van der Waals surface area contributed by atoms with Crippen LogP contribution in [0.4, 0.5) is 0 Å². The summed E-state index contributed by atoms with van der Waals surface area (Å²) in [5, 5.41) is 0. The van der Waals surface area contributed by atoms with E-state index in [1.165, 1.54) is 257 Å². The molecule has 0 N–H and O–H groups in total. The standard InChI is InChI=1S/C69H130O6/c1-4-7-10-13-16-19-22-25-27-28-29-30-31-32-33-34-35-36-37-38-39-40-42-44-47-50-53-56-59-62-68(71)74-65-66(64-73-67(70)61-58-55-52-49-46-43-24-21-18-15-12-9-6-3)75-69(72)63-60-57-54-51-48-45-41-26-23-20-17-14-11-8-5-2/h12,15,21,24,66H,4-11,13-14,16-20,22-23,25-65H2,1-3H3/b15-12-,24-21-. The van der Waals surface area contributed by atoms with Crippen molar-refractivity contribution >= 4 is 17.9 Å². The average Bonchev–Trinajstić information content (AvgIpc) is 3.41. The zero-order valence-electron chi connectivity index (χ0n) is 50.8. The van der Waals surface area contributed by atoms with Crippen LogP contribution in [0.5, 0.6) is 0 Å². The van der Waals surface area contributed by atoms with Crippen LogP contribution in [0.15, 0.2) is 24.3 Å². The highest BCUT2D eigenvalue weighted by Gasteiger charge is 2.19. The summed E-state index contributed by atoms with van der Waals surface area (Å²) >= 11 is 0. The summed E-state index contributed by atoms with van der Waals surface area (Å²) < 4.78 is 16.9. The maximum Gasteiger partial charge on any atom is 0.306 e. The molecule has 0 bridgehead atoms. The number of ether oxygens (including phenoxy) is 3. The minimum atomic E-state index is -0.773. The molecule has 0 fully saturated rings. The molecule has 0 aliphatic carbocycles. The van der Waals surface area contributed by atoms with Gasteiger partial charge in [-0.1, -0.05) is 340 Å². The van der Waals surface area contributed by atoms with Crippen molar-refractivity contribution in [2.75, 3.05) is 13.2 Å². The Kier molecular flexibility index (Phi) is 62.6. The summed E-state index contributed by atoms with van der Waals surface area (Å²) in [4.78, 5) is 38.3. The van der Waals surface area contributed by atoms with Crippen LogP contribution in [0, 0.1) is 0 Å². The molecule has 0 amide bonds. The molecule has 0 saturated carbocycles. The fraction of sp³-hybridized carbons (Fsp3) is 0.899. The Bertz CT molecular complexity index is 1210.